The number of hydrogen-bond acceptors (Lipinski definition) is 3. The number of nitrogens with zero attached hydrogens (tertiary/aromatic N) is 2. The third kappa shape index (κ3) is 4.44. The average molecular weight is 212 g/mol. The average Bonchev–Trinajstić information content (AvgIpc) is 2.50. The fraction of sp³-hybridized carbons (Fsp3) is 0.727. The maximum Gasteiger partial charge on any atom is 0.0792 e. The van der Waals surface area contributed by atoms with Gasteiger partial charge < -0.3 is 9.84 Å². The van der Waals surface area contributed by atoms with Crippen molar-refractivity contribution in [2.24, 2.45) is 0 Å². The molecule has 1 N–H and O–H groups in total. The Morgan fingerprint density at radius 1 is 1.53 bits per heavy atom. The third-order valence-corrected chi connectivity index (χ3v) is 1.99. The minimum Gasteiger partial charge on any atom is -0.389 e. The summed E-state index contributed by atoms with van der Waals surface area (Å²) < 4.78 is 7.37. The molecule has 4 heteroatoms. The highest BCUT2D eigenvalue weighted by molar-refractivity contribution is 5.06. The van der Waals surface area contributed by atoms with Gasteiger partial charge in [-0.25, -0.2) is 0 Å². The van der Waals surface area contributed by atoms with Gasteiger partial charge in [0.25, 0.3) is 0 Å². The van der Waals surface area contributed by atoms with Crippen LogP contribution < -0.4 is 0 Å². The minimum absolute atomic E-state index is 0.111. The summed E-state index contributed by atoms with van der Waals surface area (Å²) in [6.45, 7) is 9.15. The Morgan fingerprint density at radius 2 is 2.20 bits per heavy atom. The molecule has 0 bridgehead atoms. The molecule has 0 aliphatic carbocycles. The zero-order valence-electron chi connectivity index (χ0n) is 9.90. The van der Waals surface area contributed by atoms with Crippen molar-refractivity contribution in [3.63, 3.8) is 0 Å². The van der Waals surface area contributed by atoms with Crippen molar-refractivity contribution in [3.8, 4) is 0 Å². The van der Waals surface area contributed by atoms with E-state index in [1.165, 1.54) is 0 Å². The second-order valence-electron chi connectivity index (χ2n) is 4.67. The summed E-state index contributed by atoms with van der Waals surface area (Å²) in [6.07, 6.45) is 3.07. The van der Waals surface area contributed by atoms with Crippen molar-refractivity contribution in [1.29, 1.82) is 0 Å². The first-order valence-electron chi connectivity index (χ1n) is 5.23. The van der Waals surface area contributed by atoms with E-state index in [-0.39, 0.29) is 5.60 Å². The molecule has 0 saturated carbocycles. The first-order chi connectivity index (χ1) is 6.88. The lowest BCUT2D eigenvalue weighted by Gasteiger charge is -2.19. The largest absolute Gasteiger partial charge is 0.389 e. The summed E-state index contributed by atoms with van der Waals surface area (Å²) >= 11 is 0. The molecule has 1 heterocycles. The standard InChI is InChI=1S/C11H20N2O2/c1-9(14)10-7-12-13(8-10)5-6-15-11(2,3)4/h7-9,14H,5-6H2,1-4H3. The van der Waals surface area contributed by atoms with Gasteiger partial charge in [-0.15, -0.1) is 0 Å². The third-order valence-electron chi connectivity index (χ3n) is 1.99. The lowest BCUT2D eigenvalue weighted by atomic mass is 10.2. The summed E-state index contributed by atoms with van der Waals surface area (Å²) in [4.78, 5) is 0. The molecule has 0 saturated heterocycles. The van der Waals surface area contributed by atoms with Crippen LogP contribution in [0.5, 0.6) is 0 Å². The molecular weight excluding hydrogens is 192 g/mol. The van der Waals surface area contributed by atoms with Crippen molar-refractivity contribution in [3.05, 3.63) is 18.0 Å². The van der Waals surface area contributed by atoms with E-state index in [2.05, 4.69) is 5.10 Å². The Kier molecular flexibility index (Phi) is 3.88. The molecule has 1 rings (SSSR count). The van der Waals surface area contributed by atoms with Crippen LogP contribution in [0.4, 0.5) is 0 Å². The first-order valence-corrected chi connectivity index (χ1v) is 5.23. The van der Waals surface area contributed by atoms with Crippen molar-refractivity contribution in [1.82, 2.24) is 9.78 Å². The Morgan fingerprint density at radius 3 is 2.67 bits per heavy atom. The number of aliphatic hydroxyl groups excluding tert-OH is 1. The summed E-state index contributed by atoms with van der Waals surface area (Å²) in [5.41, 5.74) is 0.728. The lowest BCUT2D eigenvalue weighted by Crippen LogP contribution is -2.22. The van der Waals surface area contributed by atoms with Gasteiger partial charge in [0.05, 0.1) is 31.1 Å². The van der Waals surface area contributed by atoms with Crippen molar-refractivity contribution in [2.75, 3.05) is 6.61 Å². The van der Waals surface area contributed by atoms with E-state index in [1.807, 2.05) is 27.0 Å². The topological polar surface area (TPSA) is 47.3 Å². The molecule has 86 valence electrons. The van der Waals surface area contributed by atoms with Crippen molar-refractivity contribution < 1.29 is 9.84 Å². The zero-order valence-corrected chi connectivity index (χ0v) is 9.90. The molecule has 4 nitrogen and oxygen atoms in total. The molecule has 0 fully saturated rings. The number of aromatic nitrogens is 2. The SMILES string of the molecule is CC(O)c1cnn(CCOC(C)(C)C)c1. The highest BCUT2D eigenvalue weighted by atomic mass is 16.5. The highest BCUT2D eigenvalue weighted by Gasteiger charge is 2.10. The monoisotopic (exact) mass is 212 g/mol. The Balaban J connectivity index is 2.38. The molecule has 0 amide bonds. The van der Waals surface area contributed by atoms with E-state index >= 15 is 0 Å². The van der Waals surface area contributed by atoms with Gasteiger partial charge >= 0.3 is 0 Å². The first kappa shape index (κ1) is 12.2. The minimum atomic E-state index is -0.456. The van der Waals surface area contributed by atoms with Gasteiger partial charge in [0, 0.05) is 11.8 Å². The normalized spacial score (nSPS) is 14.2. The fourth-order valence-electron chi connectivity index (χ4n) is 1.16. The Hall–Kier alpha value is -0.870. The maximum atomic E-state index is 9.31. The van der Waals surface area contributed by atoms with Crippen LogP contribution in [0.2, 0.25) is 0 Å². The van der Waals surface area contributed by atoms with E-state index in [9.17, 15) is 5.11 Å². The van der Waals surface area contributed by atoms with Crippen LogP contribution >= 0.6 is 0 Å². The van der Waals surface area contributed by atoms with Crippen LogP contribution in [-0.2, 0) is 11.3 Å². The fourth-order valence-corrected chi connectivity index (χ4v) is 1.16. The second-order valence-corrected chi connectivity index (χ2v) is 4.67. The van der Waals surface area contributed by atoms with E-state index in [0.717, 1.165) is 5.56 Å². The number of ether oxygens (including phenoxy) is 1. The number of rotatable bonds is 4. The molecule has 1 unspecified atom stereocenters. The molecule has 1 atom stereocenters. The molecule has 0 aliphatic rings. The van der Waals surface area contributed by atoms with Gasteiger partial charge in [-0.1, -0.05) is 0 Å². The van der Waals surface area contributed by atoms with Crippen LogP contribution in [0.25, 0.3) is 0 Å². The van der Waals surface area contributed by atoms with E-state index < -0.39 is 6.10 Å². The van der Waals surface area contributed by atoms with Gasteiger partial charge in [-0.2, -0.15) is 5.10 Å². The molecule has 0 spiro atoms. The molecule has 1 aromatic rings. The van der Waals surface area contributed by atoms with Crippen molar-refractivity contribution in [2.45, 2.75) is 45.9 Å². The molecule has 0 radical (unpaired) electrons. The lowest BCUT2D eigenvalue weighted by molar-refractivity contribution is -0.00792. The summed E-state index contributed by atoms with van der Waals surface area (Å²) in [5, 5.41) is 13.4. The van der Waals surface area contributed by atoms with Crippen LogP contribution in [-0.4, -0.2) is 27.1 Å². The predicted molar refractivity (Wildman–Crippen MR) is 58.6 cm³/mol. The van der Waals surface area contributed by atoms with Gasteiger partial charge in [0.15, 0.2) is 0 Å². The van der Waals surface area contributed by atoms with E-state index in [4.69, 9.17) is 4.74 Å². The smallest absolute Gasteiger partial charge is 0.0792 e. The maximum absolute atomic E-state index is 9.31. The van der Waals surface area contributed by atoms with Gasteiger partial charge in [0.2, 0.25) is 0 Å². The van der Waals surface area contributed by atoms with Gasteiger partial charge in [-0.05, 0) is 27.7 Å². The zero-order chi connectivity index (χ0) is 11.5. The van der Waals surface area contributed by atoms with Crippen LogP contribution in [0.1, 0.15) is 39.4 Å². The molecule has 1 aromatic heterocycles. The summed E-state index contributed by atoms with van der Waals surface area (Å²) in [7, 11) is 0. The Bertz CT molecular complexity index is 300. The van der Waals surface area contributed by atoms with Gasteiger partial charge in [-0.3, -0.25) is 4.68 Å². The second kappa shape index (κ2) is 4.77. The number of hydrogen-bond donors (Lipinski definition) is 1. The highest BCUT2D eigenvalue weighted by Crippen LogP contribution is 2.10. The quantitative estimate of drug-likeness (QED) is 0.827. The van der Waals surface area contributed by atoms with Crippen LogP contribution in [0, 0.1) is 0 Å². The summed E-state index contributed by atoms with van der Waals surface area (Å²) in [5.74, 6) is 0. The van der Waals surface area contributed by atoms with E-state index in [0.29, 0.717) is 13.2 Å². The number of aliphatic hydroxyl groups is 1. The molecule has 0 aromatic carbocycles. The molecular formula is C11H20N2O2. The Labute approximate surface area is 90.9 Å². The van der Waals surface area contributed by atoms with E-state index in [1.54, 1.807) is 17.8 Å². The van der Waals surface area contributed by atoms with Crippen LogP contribution in [0.15, 0.2) is 12.4 Å². The summed E-state index contributed by atoms with van der Waals surface area (Å²) in [6, 6.07) is 0. The molecule has 0 aliphatic heterocycles. The van der Waals surface area contributed by atoms with Crippen LogP contribution in [0.3, 0.4) is 0 Å². The predicted octanol–water partition coefficient (Wildman–Crippen LogP) is 1.75. The van der Waals surface area contributed by atoms with Gasteiger partial charge in [0.1, 0.15) is 0 Å². The van der Waals surface area contributed by atoms with Crippen molar-refractivity contribution >= 4 is 0 Å². The molecule has 15 heavy (non-hydrogen) atoms.